The summed E-state index contributed by atoms with van der Waals surface area (Å²) in [5, 5.41) is 2.81. The van der Waals surface area contributed by atoms with Crippen molar-refractivity contribution >= 4 is 34.4 Å². The van der Waals surface area contributed by atoms with E-state index in [0.717, 1.165) is 60.8 Å². The number of ketones is 1. The van der Waals surface area contributed by atoms with Gasteiger partial charge in [-0.2, -0.15) is 0 Å². The van der Waals surface area contributed by atoms with E-state index in [9.17, 15) is 9.59 Å². The maximum atomic E-state index is 13.3. The minimum Gasteiger partial charge on any atom is -0.370 e. The average molecular weight is 510 g/mol. The van der Waals surface area contributed by atoms with Crippen LogP contribution in [0.2, 0.25) is 0 Å². The molecule has 5 rings (SSSR count). The number of hydrogen-bond donors (Lipinski definition) is 1. The zero-order valence-electron chi connectivity index (χ0n) is 22.6. The Bertz CT molecular complexity index is 1450. The first-order chi connectivity index (χ1) is 18.3. The first kappa shape index (κ1) is 25.5. The summed E-state index contributed by atoms with van der Waals surface area (Å²) in [6.07, 6.45) is 3.97. The monoisotopic (exact) mass is 509 g/mol. The Morgan fingerprint density at radius 1 is 1.03 bits per heavy atom. The van der Waals surface area contributed by atoms with E-state index in [4.69, 9.17) is 0 Å². The van der Waals surface area contributed by atoms with Gasteiger partial charge < -0.3 is 19.5 Å². The van der Waals surface area contributed by atoms with Crippen molar-refractivity contribution in [1.29, 1.82) is 0 Å². The van der Waals surface area contributed by atoms with Gasteiger partial charge in [-0.3, -0.25) is 9.59 Å². The van der Waals surface area contributed by atoms with Crippen LogP contribution < -0.4 is 15.1 Å². The fraction of sp³-hybridized carbons (Fsp3) is 0.323. The van der Waals surface area contributed by atoms with Gasteiger partial charge in [0.15, 0.2) is 0 Å². The van der Waals surface area contributed by atoms with Gasteiger partial charge in [-0.1, -0.05) is 6.07 Å². The molecular weight excluding hydrogens is 474 g/mol. The highest BCUT2D eigenvalue weighted by Crippen LogP contribution is 2.43. The fourth-order valence-corrected chi connectivity index (χ4v) is 5.01. The number of benzene rings is 1. The quantitative estimate of drug-likeness (QED) is 0.222. The molecule has 0 radical (unpaired) electrons. The summed E-state index contributed by atoms with van der Waals surface area (Å²) in [5.74, 6) is 0.228. The predicted octanol–water partition coefficient (Wildman–Crippen LogP) is 5.61. The molecule has 0 aliphatic heterocycles. The number of hydrogen-bond acceptors (Lipinski definition) is 5. The van der Waals surface area contributed by atoms with E-state index in [1.54, 1.807) is 0 Å². The molecule has 0 atom stereocenters. The minimum absolute atomic E-state index is 0.366. The third-order valence-electron chi connectivity index (χ3n) is 7.20. The van der Waals surface area contributed by atoms with Crippen molar-refractivity contribution in [3.8, 4) is 0 Å². The van der Waals surface area contributed by atoms with Gasteiger partial charge >= 0.3 is 0 Å². The number of Topliss-reactive ketones (excluding diaryl/α,β-unsaturated/α-hetero) is 1. The first-order valence-corrected chi connectivity index (χ1v) is 13.3. The third-order valence-corrected chi connectivity index (χ3v) is 7.20. The number of fused-ring (bicyclic) bond motifs is 1. The molecule has 38 heavy (non-hydrogen) atoms. The first-order valence-electron chi connectivity index (χ1n) is 13.3. The van der Waals surface area contributed by atoms with Crippen LogP contribution in [0.4, 0.5) is 17.2 Å². The van der Waals surface area contributed by atoms with Gasteiger partial charge in [-0.05, 0) is 105 Å². The van der Waals surface area contributed by atoms with Gasteiger partial charge in [0.1, 0.15) is 11.5 Å². The van der Waals surface area contributed by atoms with Gasteiger partial charge in [-0.15, -0.1) is 0 Å². The van der Waals surface area contributed by atoms with E-state index in [1.165, 1.54) is 5.56 Å². The van der Waals surface area contributed by atoms with Crippen molar-refractivity contribution in [1.82, 2.24) is 9.38 Å². The van der Waals surface area contributed by atoms with Crippen LogP contribution in [0, 0.1) is 13.8 Å². The highest BCUT2D eigenvalue weighted by molar-refractivity contribution is 6.46. The molecule has 3 heterocycles. The number of anilines is 3. The largest absolute Gasteiger partial charge is 0.370 e. The maximum absolute atomic E-state index is 13.3. The number of likely N-dealkylation sites (N-methyl/N-ethyl adjacent to an activating group) is 2. The number of carbonyl (C=O) groups is 2. The molecular formula is C31H35N5O2. The van der Waals surface area contributed by atoms with Crippen LogP contribution in [0.1, 0.15) is 53.0 Å². The molecule has 196 valence electrons. The van der Waals surface area contributed by atoms with Crippen molar-refractivity contribution in [2.45, 2.75) is 39.5 Å². The predicted molar refractivity (Wildman–Crippen MR) is 154 cm³/mol. The number of nitrogens with zero attached hydrogens (tertiary/aromatic N) is 4. The summed E-state index contributed by atoms with van der Waals surface area (Å²) in [5.41, 5.74) is 6.29. The number of pyridine rings is 2. The van der Waals surface area contributed by atoms with Crippen molar-refractivity contribution < 1.29 is 9.59 Å². The summed E-state index contributed by atoms with van der Waals surface area (Å²) in [6.45, 7) is 8.74. The van der Waals surface area contributed by atoms with Gasteiger partial charge in [0.25, 0.3) is 11.7 Å². The van der Waals surface area contributed by atoms with E-state index < -0.39 is 11.7 Å². The molecule has 1 amide bonds. The molecule has 0 spiro atoms. The molecule has 0 unspecified atom stereocenters. The Labute approximate surface area is 224 Å². The number of carbonyl (C=O) groups excluding carboxylic acids is 2. The van der Waals surface area contributed by atoms with Crippen molar-refractivity contribution in [2.75, 3.05) is 41.8 Å². The number of aryl methyl sites for hydroxylation is 2. The summed E-state index contributed by atoms with van der Waals surface area (Å²) in [4.78, 5) is 35.4. The topological polar surface area (TPSA) is 69.9 Å². The second-order valence-corrected chi connectivity index (χ2v) is 10.2. The number of rotatable bonds is 10. The highest BCUT2D eigenvalue weighted by atomic mass is 16.2. The van der Waals surface area contributed by atoms with Gasteiger partial charge in [0, 0.05) is 55.5 Å². The smallest absolute Gasteiger partial charge is 0.298 e. The number of aromatic nitrogens is 2. The van der Waals surface area contributed by atoms with Crippen molar-refractivity contribution in [3.63, 3.8) is 0 Å². The normalized spacial score (nSPS) is 12.9. The maximum Gasteiger partial charge on any atom is 0.298 e. The van der Waals surface area contributed by atoms with Gasteiger partial charge in [0.05, 0.1) is 0 Å². The second-order valence-electron chi connectivity index (χ2n) is 10.2. The lowest BCUT2D eigenvalue weighted by molar-refractivity contribution is -0.112. The van der Waals surface area contributed by atoms with Crippen LogP contribution >= 0.6 is 0 Å². The standard InChI is InChI=1S/C31H35N5O2/c1-5-35(17-16-34(4)28-19-21(2)18-22(3)32-28)25-13-11-24(12-14-25)33-31(38)30(37)29-27(23-9-10-23)20-26-8-6-7-15-36(26)29/h6-8,11-15,18-20,23H,5,9-10,16-17H2,1-4H3,(H,33,38). The average Bonchev–Trinajstić information content (AvgIpc) is 3.68. The summed E-state index contributed by atoms with van der Waals surface area (Å²) in [7, 11) is 2.06. The second kappa shape index (κ2) is 10.7. The SMILES string of the molecule is CCN(CCN(C)c1cc(C)cc(C)n1)c1ccc(NC(=O)C(=O)c2c(C3CC3)cc3ccccn23)cc1. The molecule has 3 aromatic heterocycles. The summed E-state index contributed by atoms with van der Waals surface area (Å²) in [6, 6.07) is 19.7. The molecule has 1 aromatic carbocycles. The molecule has 4 aromatic rings. The summed E-state index contributed by atoms with van der Waals surface area (Å²) < 4.78 is 1.84. The van der Waals surface area contributed by atoms with E-state index in [1.807, 2.05) is 66.1 Å². The Morgan fingerprint density at radius 2 is 1.79 bits per heavy atom. The van der Waals surface area contributed by atoms with Crippen LogP contribution in [-0.4, -0.2) is 47.8 Å². The molecule has 7 heteroatoms. The number of nitrogens with one attached hydrogen (secondary N) is 1. The van der Waals surface area contributed by atoms with Crippen LogP contribution in [0.25, 0.3) is 5.52 Å². The molecule has 0 bridgehead atoms. The van der Waals surface area contributed by atoms with Gasteiger partial charge in [0.2, 0.25) is 0 Å². The molecule has 1 saturated carbocycles. The van der Waals surface area contributed by atoms with Crippen LogP contribution in [-0.2, 0) is 4.79 Å². The lowest BCUT2D eigenvalue weighted by Gasteiger charge is -2.27. The minimum atomic E-state index is -0.613. The zero-order chi connectivity index (χ0) is 26.8. The van der Waals surface area contributed by atoms with E-state index in [0.29, 0.717) is 17.3 Å². The fourth-order valence-electron chi connectivity index (χ4n) is 5.01. The molecule has 1 aliphatic carbocycles. The highest BCUT2D eigenvalue weighted by Gasteiger charge is 2.33. The molecule has 0 saturated heterocycles. The van der Waals surface area contributed by atoms with Crippen molar-refractivity contribution in [3.05, 3.63) is 89.4 Å². The van der Waals surface area contributed by atoms with E-state index in [-0.39, 0.29) is 0 Å². The van der Waals surface area contributed by atoms with Gasteiger partial charge in [-0.25, -0.2) is 4.98 Å². The summed E-state index contributed by atoms with van der Waals surface area (Å²) >= 11 is 0. The van der Waals surface area contributed by atoms with E-state index >= 15 is 0 Å². The Kier molecular flexibility index (Phi) is 7.18. The third kappa shape index (κ3) is 5.42. The van der Waals surface area contributed by atoms with E-state index in [2.05, 4.69) is 53.1 Å². The van der Waals surface area contributed by atoms with Crippen molar-refractivity contribution in [2.24, 2.45) is 0 Å². The molecule has 1 N–H and O–H groups in total. The zero-order valence-corrected chi connectivity index (χ0v) is 22.6. The Balaban J connectivity index is 1.24. The molecule has 1 aliphatic rings. The van der Waals surface area contributed by atoms with Crippen LogP contribution in [0.3, 0.4) is 0 Å². The lowest BCUT2D eigenvalue weighted by Crippen LogP contribution is -2.33. The molecule has 1 fully saturated rings. The molecule has 7 nitrogen and oxygen atoms in total. The Hall–Kier alpha value is -4.13. The Morgan fingerprint density at radius 3 is 2.47 bits per heavy atom. The number of amides is 1. The lowest BCUT2D eigenvalue weighted by atomic mass is 10.1. The van der Waals surface area contributed by atoms with Crippen LogP contribution in [0.5, 0.6) is 0 Å². The van der Waals surface area contributed by atoms with Crippen LogP contribution in [0.15, 0.2) is 66.9 Å².